The summed E-state index contributed by atoms with van der Waals surface area (Å²) in [5.41, 5.74) is 3.17. The number of hydrogen-bond donors (Lipinski definition) is 1. The molecule has 1 N–H and O–H groups in total. The largest absolute Gasteiger partial charge is 0.461 e. The van der Waals surface area contributed by atoms with Crippen molar-refractivity contribution in [1.82, 2.24) is 10.4 Å². The Morgan fingerprint density at radius 3 is 2.32 bits per heavy atom. The van der Waals surface area contributed by atoms with Gasteiger partial charge in [0.25, 0.3) is 11.8 Å². The van der Waals surface area contributed by atoms with E-state index in [1.165, 1.54) is 31.0 Å². The summed E-state index contributed by atoms with van der Waals surface area (Å²) >= 11 is 0. The van der Waals surface area contributed by atoms with Crippen molar-refractivity contribution in [2.24, 2.45) is 15.9 Å². The molecule has 0 bridgehead atoms. The number of rotatable bonds is 8. The van der Waals surface area contributed by atoms with Crippen molar-refractivity contribution in [3.63, 3.8) is 0 Å². The first-order valence-electron chi connectivity index (χ1n) is 10.7. The first-order chi connectivity index (χ1) is 16.5. The van der Waals surface area contributed by atoms with Crippen LogP contribution < -0.4 is 5.43 Å². The molecule has 2 amide bonds. The minimum absolute atomic E-state index is 0.0701. The van der Waals surface area contributed by atoms with Crippen molar-refractivity contribution in [3.8, 4) is 0 Å². The zero-order valence-electron chi connectivity index (χ0n) is 18.2. The number of nitrogens with zero attached hydrogens (tertiary/aromatic N) is 3. The van der Waals surface area contributed by atoms with Crippen molar-refractivity contribution in [2.75, 3.05) is 6.54 Å². The zero-order valence-corrected chi connectivity index (χ0v) is 18.2. The SMILES string of the molecule is O=C(NN(CC(=O)c1ccco1)C(=O)C1=CN=CCC1)C1=CN=CC(CC(=O)c2ccco2)C1. The third kappa shape index (κ3) is 5.52. The molecule has 2 aromatic heterocycles. The summed E-state index contributed by atoms with van der Waals surface area (Å²) in [6.45, 7) is -0.421. The molecule has 4 rings (SSSR count). The molecular weight excluding hydrogens is 440 g/mol. The zero-order chi connectivity index (χ0) is 23.9. The molecule has 0 aliphatic carbocycles. The quantitative estimate of drug-likeness (QED) is 0.473. The Morgan fingerprint density at radius 2 is 1.68 bits per heavy atom. The fourth-order valence-corrected chi connectivity index (χ4v) is 3.55. The molecule has 10 heteroatoms. The first kappa shape index (κ1) is 22.8. The summed E-state index contributed by atoms with van der Waals surface area (Å²) in [7, 11) is 0. The standard InChI is InChI=1S/C24H22N4O6/c29-19(21-5-2-8-33-21)11-16-10-18(14-26-12-16)23(31)27-28(15-20(30)22-6-3-9-34-22)24(32)17-4-1-7-25-13-17/h2-3,5-9,12-14,16H,1,4,10-11,15H2,(H,27,31). The van der Waals surface area contributed by atoms with Gasteiger partial charge in [0.15, 0.2) is 17.3 Å². The highest BCUT2D eigenvalue weighted by Gasteiger charge is 2.28. The molecule has 0 radical (unpaired) electrons. The Labute approximate surface area is 194 Å². The molecule has 0 saturated heterocycles. The Hall–Kier alpha value is -4.34. The van der Waals surface area contributed by atoms with Crippen LogP contribution in [0.2, 0.25) is 0 Å². The number of aliphatic imine (C=N–C) groups is 2. The highest BCUT2D eigenvalue weighted by atomic mass is 16.3. The van der Waals surface area contributed by atoms with Gasteiger partial charge in [-0.15, -0.1) is 0 Å². The van der Waals surface area contributed by atoms with Gasteiger partial charge in [0.1, 0.15) is 6.54 Å². The molecule has 1 unspecified atom stereocenters. The fourth-order valence-electron chi connectivity index (χ4n) is 3.55. The predicted molar refractivity (Wildman–Crippen MR) is 121 cm³/mol. The van der Waals surface area contributed by atoms with E-state index in [1.54, 1.807) is 30.6 Å². The van der Waals surface area contributed by atoms with Crippen LogP contribution in [0.25, 0.3) is 0 Å². The van der Waals surface area contributed by atoms with E-state index in [0.29, 0.717) is 18.4 Å². The first-order valence-corrected chi connectivity index (χ1v) is 10.7. The molecule has 174 valence electrons. The van der Waals surface area contributed by atoms with Crippen molar-refractivity contribution < 1.29 is 28.0 Å². The van der Waals surface area contributed by atoms with Gasteiger partial charge in [-0.1, -0.05) is 0 Å². The van der Waals surface area contributed by atoms with E-state index in [1.807, 2.05) is 0 Å². The molecule has 0 spiro atoms. The number of nitrogens with one attached hydrogen (secondary N) is 1. The minimum Gasteiger partial charge on any atom is -0.461 e. The molecule has 10 nitrogen and oxygen atoms in total. The van der Waals surface area contributed by atoms with Crippen LogP contribution in [0.4, 0.5) is 0 Å². The monoisotopic (exact) mass is 462 g/mol. The Morgan fingerprint density at radius 1 is 0.971 bits per heavy atom. The molecule has 2 aliphatic heterocycles. The van der Waals surface area contributed by atoms with Crippen molar-refractivity contribution in [1.29, 1.82) is 0 Å². The van der Waals surface area contributed by atoms with Gasteiger partial charge in [0.05, 0.1) is 12.5 Å². The van der Waals surface area contributed by atoms with Crippen molar-refractivity contribution >= 4 is 35.8 Å². The van der Waals surface area contributed by atoms with Crippen LogP contribution in [-0.2, 0) is 9.59 Å². The molecular formula is C24H22N4O6. The molecule has 2 aliphatic rings. The Kier molecular flexibility index (Phi) is 7.07. The van der Waals surface area contributed by atoms with Gasteiger partial charge in [-0.05, 0) is 43.5 Å². The van der Waals surface area contributed by atoms with E-state index in [0.717, 1.165) is 5.01 Å². The Bertz CT molecular complexity index is 1190. The lowest BCUT2D eigenvalue weighted by molar-refractivity contribution is -0.136. The molecule has 0 fully saturated rings. The van der Waals surface area contributed by atoms with Crippen LogP contribution in [0, 0.1) is 5.92 Å². The lowest BCUT2D eigenvalue weighted by Crippen LogP contribution is -2.50. The molecule has 0 saturated carbocycles. The van der Waals surface area contributed by atoms with E-state index in [2.05, 4.69) is 15.4 Å². The maximum atomic E-state index is 13.0. The number of Topliss-reactive ketones (excluding diaryl/α,β-unsaturated/α-hetero) is 2. The number of furan rings is 2. The van der Waals surface area contributed by atoms with E-state index in [9.17, 15) is 19.2 Å². The maximum absolute atomic E-state index is 13.0. The van der Waals surface area contributed by atoms with Crippen LogP contribution in [-0.4, -0.2) is 47.4 Å². The summed E-state index contributed by atoms with van der Waals surface area (Å²) in [6, 6.07) is 6.25. The second-order valence-electron chi connectivity index (χ2n) is 7.78. The second kappa shape index (κ2) is 10.5. The van der Waals surface area contributed by atoms with Gasteiger partial charge in [-0.3, -0.25) is 34.6 Å². The number of ketones is 2. The van der Waals surface area contributed by atoms with Crippen molar-refractivity contribution in [2.45, 2.75) is 25.7 Å². The summed E-state index contributed by atoms with van der Waals surface area (Å²) in [4.78, 5) is 59.0. The van der Waals surface area contributed by atoms with Crippen LogP contribution in [0.5, 0.6) is 0 Å². The fraction of sp³-hybridized carbons (Fsp3) is 0.250. The summed E-state index contributed by atoms with van der Waals surface area (Å²) in [5, 5.41) is 0.960. The highest BCUT2D eigenvalue weighted by molar-refractivity contribution is 6.03. The van der Waals surface area contributed by atoms with Gasteiger partial charge in [-0.2, -0.15) is 0 Å². The summed E-state index contributed by atoms with van der Waals surface area (Å²) < 4.78 is 10.2. The highest BCUT2D eigenvalue weighted by Crippen LogP contribution is 2.21. The number of carbonyl (C=O) groups excluding carboxylic acids is 4. The average molecular weight is 462 g/mol. The van der Waals surface area contributed by atoms with Crippen LogP contribution in [0.15, 0.2) is 79.2 Å². The molecule has 1 atom stereocenters. The smallest absolute Gasteiger partial charge is 0.270 e. The third-order valence-electron chi connectivity index (χ3n) is 5.28. The van der Waals surface area contributed by atoms with Crippen LogP contribution >= 0.6 is 0 Å². The van der Waals surface area contributed by atoms with E-state index in [4.69, 9.17) is 8.83 Å². The summed E-state index contributed by atoms with van der Waals surface area (Å²) in [5.74, 6) is -1.80. The van der Waals surface area contributed by atoms with Crippen LogP contribution in [0.3, 0.4) is 0 Å². The van der Waals surface area contributed by atoms with Gasteiger partial charge < -0.3 is 8.83 Å². The molecule has 0 aromatic carbocycles. The van der Waals surface area contributed by atoms with E-state index >= 15 is 0 Å². The van der Waals surface area contributed by atoms with Gasteiger partial charge in [0, 0.05) is 48.3 Å². The van der Waals surface area contributed by atoms with Gasteiger partial charge in [0.2, 0.25) is 5.78 Å². The number of amides is 2. The maximum Gasteiger partial charge on any atom is 0.270 e. The second-order valence-corrected chi connectivity index (χ2v) is 7.78. The average Bonchev–Trinajstić information content (AvgIpc) is 3.59. The Balaban J connectivity index is 1.44. The lowest BCUT2D eigenvalue weighted by atomic mass is 9.93. The molecule has 34 heavy (non-hydrogen) atoms. The van der Waals surface area contributed by atoms with Crippen LogP contribution in [0.1, 0.15) is 46.8 Å². The summed E-state index contributed by atoms with van der Waals surface area (Å²) in [6.07, 6.45) is 10.2. The van der Waals surface area contributed by atoms with Gasteiger partial charge >= 0.3 is 0 Å². The predicted octanol–water partition coefficient (Wildman–Crippen LogP) is 2.91. The van der Waals surface area contributed by atoms with E-state index in [-0.39, 0.29) is 41.6 Å². The minimum atomic E-state index is -0.590. The number of carbonyl (C=O) groups is 4. The van der Waals surface area contributed by atoms with Gasteiger partial charge in [-0.25, -0.2) is 5.01 Å². The molecule has 4 heterocycles. The topological polar surface area (TPSA) is 135 Å². The number of hydrogen-bond acceptors (Lipinski definition) is 8. The van der Waals surface area contributed by atoms with Crippen molar-refractivity contribution in [3.05, 3.63) is 71.9 Å². The van der Waals surface area contributed by atoms with E-state index < -0.39 is 24.1 Å². The normalized spacial score (nSPS) is 17.0. The third-order valence-corrected chi connectivity index (χ3v) is 5.28. The molecule has 2 aromatic rings. The lowest BCUT2D eigenvalue weighted by Gasteiger charge is -2.25. The number of hydrazine groups is 1.